The van der Waals surface area contributed by atoms with Gasteiger partial charge >= 0.3 is 0 Å². The Morgan fingerprint density at radius 3 is 2.43 bits per heavy atom. The van der Waals surface area contributed by atoms with Crippen LogP contribution in [0.15, 0.2) is 48.5 Å². The number of benzene rings is 2. The van der Waals surface area contributed by atoms with E-state index in [1.807, 2.05) is 13.8 Å². The van der Waals surface area contributed by atoms with Gasteiger partial charge in [-0.2, -0.15) is 0 Å². The number of piperidine rings is 1. The van der Waals surface area contributed by atoms with E-state index in [9.17, 15) is 18.8 Å². The van der Waals surface area contributed by atoms with E-state index in [1.165, 1.54) is 29.2 Å². The van der Waals surface area contributed by atoms with Crippen LogP contribution < -0.4 is 5.32 Å². The van der Waals surface area contributed by atoms with Crippen LogP contribution in [-0.4, -0.2) is 65.0 Å². The first-order valence-electron chi connectivity index (χ1n) is 11.8. The highest BCUT2D eigenvalue weighted by atomic mass is 35.5. The van der Waals surface area contributed by atoms with Gasteiger partial charge in [-0.1, -0.05) is 24.6 Å². The standard InChI is InChI=1S/C26H29ClFN3O4/c1-3-17(2)29-23(32)22-16-35-26(31(22)25(34)18-7-9-21(28)10-8-18)11-13-30(14-12-26)24(33)19-5-4-6-20(27)15-19/h4-10,15,17,22H,3,11-14,16H2,1-2H3,(H,29,32)/t17-,22+/m0/s1. The summed E-state index contributed by atoms with van der Waals surface area (Å²) in [6.07, 6.45) is 1.44. The van der Waals surface area contributed by atoms with Gasteiger partial charge in [0.05, 0.1) is 6.61 Å². The maximum atomic E-state index is 13.6. The molecule has 9 heteroatoms. The van der Waals surface area contributed by atoms with Crippen molar-refractivity contribution in [2.45, 2.75) is 50.9 Å². The van der Waals surface area contributed by atoms with Gasteiger partial charge in [0, 0.05) is 48.1 Å². The van der Waals surface area contributed by atoms with Crippen molar-refractivity contribution < 1.29 is 23.5 Å². The first-order valence-corrected chi connectivity index (χ1v) is 12.2. The molecular formula is C26H29ClFN3O4. The van der Waals surface area contributed by atoms with Gasteiger partial charge in [-0.3, -0.25) is 19.3 Å². The Morgan fingerprint density at radius 2 is 1.80 bits per heavy atom. The smallest absolute Gasteiger partial charge is 0.256 e. The zero-order chi connectivity index (χ0) is 25.2. The molecule has 0 aromatic heterocycles. The largest absolute Gasteiger partial charge is 0.353 e. The number of hydrogen-bond acceptors (Lipinski definition) is 4. The number of halogens is 2. The Hall–Kier alpha value is -2.97. The van der Waals surface area contributed by atoms with Gasteiger partial charge in [0.15, 0.2) is 0 Å². The second kappa shape index (κ2) is 10.3. The van der Waals surface area contributed by atoms with E-state index in [4.69, 9.17) is 16.3 Å². The van der Waals surface area contributed by atoms with Crippen LogP contribution in [0, 0.1) is 5.82 Å². The van der Waals surface area contributed by atoms with E-state index in [0.717, 1.165) is 6.42 Å². The number of nitrogens with zero attached hydrogens (tertiary/aromatic N) is 2. The van der Waals surface area contributed by atoms with E-state index in [2.05, 4.69) is 5.32 Å². The molecule has 35 heavy (non-hydrogen) atoms. The summed E-state index contributed by atoms with van der Waals surface area (Å²) in [6, 6.07) is 11.1. The molecule has 2 aliphatic rings. The molecule has 2 aromatic rings. The molecule has 0 saturated carbocycles. The lowest BCUT2D eigenvalue weighted by molar-refractivity contribution is -0.128. The molecule has 2 saturated heterocycles. The summed E-state index contributed by atoms with van der Waals surface area (Å²) in [4.78, 5) is 42.9. The minimum absolute atomic E-state index is 0.0530. The molecule has 7 nitrogen and oxygen atoms in total. The van der Waals surface area contributed by atoms with Gasteiger partial charge in [-0.25, -0.2) is 4.39 Å². The highest BCUT2D eigenvalue weighted by Crippen LogP contribution is 2.39. The van der Waals surface area contributed by atoms with E-state index < -0.39 is 23.5 Å². The second-order valence-corrected chi connectivity index (χ2v) is 9.51. The first-order chi connectivity index (χ1) is 16.7. The summed E-state index contributed by atoms with van der Waals surface area (Å²) in [5, 5.41) is 3.42. The van der Waals surface area contributed by atoms with E-state index >= 15 is 0 Å². The van der Waals surface area contributed by atoms with Crippen molar-refractivity contribution in [2.24, 2.45) is 0 Å². The van der Waals surface area contributed by atoms with Crippen molar-refractivity contribution in [1.82, 2.24) is 15.1 Å². The Morgan fingerprint density at radius 1 is 1.11 bits per heavy atom. The SMILES string of the molecule is CC[C@H](C)NC(=O)[C@H]1COC2(CCN(C(=O)c3cccc(Cl)c3)CC2)N1C(=O)c1ccc(F)cc1. The Kier molecular flexibility index (Phi) is 7.42. The second-order valence-electron chi connectivity index (χ2n) is 9.08. The summed E-state index contributed by atoms with van der Waals surface area (Å²) >= 11 is 6.04. The molecule has 1 N–H and O–H groups in total. The summed E-state index contributed by atoms with van der Waals surface area (Å²) in [5.41, 5.74) is -0.269. The van der Waals surface area contributed by atoms with Gasteiger partial charge in [0.1, 0.15) is 17.6 Å². The molecule has 0 bridgehead atoms. The maximum Gasteiger partial charge on any atom is 0.256 e. The third-order valence-corrected chi connectivity index (χ3v) is 7.01. The average Bonchev–Trinajstić information content (AvgIpc) is 3.22. The van der Waals surface area contributed by atoms with Crippen molar-refractivity contribution in [3.8, 4) is 0 Å². The van der Waals surface area contributed by atoms with Crippen molar-refractivity contribution in [2.75, 3.05) is 19.7 Å². The normalized spacial score (nSPS) is 20.1. The van der Waals surface area contributed by atoms with Crippen LogP contribution in [0.5, 0.6) is 0 Å². The van der Waals surface area contributed by atoms with Crippen LogP contribution >= 0.6 is 11.6 Å². The molecule has 186 valence electrons. The van der Waals surface area contributed by atoms with E-state index in [-0.39, 0.29) is 30.0 Å². The minimum atomic E-state index is -1.03. The highest BCUT2D eigenvalue weighted by Gasteiger charge is 2.54. The lowest BCUT2D eigenvalue weighted by Crippen LogP contribution is -2.60. The Labute approximate surface area is 209 Å². The van der Waals surface area contributed by atoms with E-state index in [1.54, 1.807) is 29.2 Å². The fourth-order valence-corrected chi connectivity index (χ4v) is 4.79. The fraction of sp³-hybridized carbons (Fsp3) is 0.423. The van der Waals surface area contributed by atoms with Gasteiger partial charge in [-0.05, 0) is 55.8 Å². The molecule has 2 aromatic carbocycles. The lowest BCUT2D eigenvalue weighted by atomic mass is 9.96. The summed E-state index contributed by atoms with van der Waals surface area (Å²) in [6.45, 7) is 4.61. The molecule has 2 heterocycles. The topological polar surface area (TPSA) is 79.0 Å². The van der Waals surface area contributed by atoms with Crippen LogP contribution in [0.1, 0.15) is 53.8 Å². The fourth-order valence-electron chi connectivity index (χ4n) is 4.60. The van der Waals surface area contributed by atoms with E-state index in [0.29, 0.717) is 36.5 Å². The van der Waals surface area contributed by atoms with Crippen LogP contribution in [0.3, 0.4) is 0 Å². The monoisotopic (exact) mass is 501 g/mol. The molecule has 0 aliphatic carbocycles. The number of nitrogens with one attached hydrogen (secondary N) is 1. The number of hydrogen-bond donors (Lipinski definition) is 1. The molecule has 3 amide bonds. The highest BCUT2D eigenvalue weighted by molar-refractivity contribution is 6.30. The molecule has 1 spiro atoms. The van der Waals surface area contributed by atoms with Crippen molar-refractivity contribution in [1.29, 1.82) is 0 Å². The average molecular weight is 502 g/mol. The van der Waals surface area contributed by atoms with Crippen molar-refractivity contribution >= 4 is 29.3 Å². The third kappa shape index (κ3) is 5.18. The molecule has 0 radical (unpaired) electrons. The van der Waals surface area contributed by atoms with Crippen LogP contribution in [0.4, 0.5) is 4.39 Å². The summed E-state index contributed by atoms with van der Waals surface area (Å²) in [5.74, 6) is -1.29. The van der Waals surface area contributed by atoms with Gasteiger partial charge in [0.2, 0.25) is 5.91 Å². The van der Waals surface area contributed by atoms with Crippen LogP contribution in [0.25, 0.3) is 0 Å². The molecular weight excluding hydrogens is 473 g/mol. The molecule has 0 unspecified atom stereocenters. The van der Waals surface area contributed by atoms with Gasteiger partial charge < -0.3 is 15.0 Å². The number of rotatable bonds is 5. The Balaban J connectivity index is 1.57. The first kappa shape index (κ1) is 25.1. The quantitative estimate of drug-likeness (QED) is 0.674. The van der Waals surface area contributed by atoms with Crippen molar-refractivity contribution in [3.63, 3.8) is 0 Å². The van der Waals surface area contributed by atoms with Crippen molar-refractivity contribution in [3.05, 3.63) is 70.5 Å². The van der Waals surface area contributed by atoms with Crippen LogP contribution in [-0.2, 0) is 9.53 Å². The predicted octanol–water partition coefficient (Wildman–Crippen LogP) is 3.87. The summed E-state index contributed by atoms with van der Waals surface area (Å²) < 4.78 is 19.7. The predicted molar refractivity (Wildman–Crippen MR) is 130 cm³/mol. The molecule has 2 atom stereocenters. The number of carbonyl (C=O) groups is 3. The third-order valence-electron chi connectivity index (χ3n) is 6.78. The number of carbonyl (C=O) groups excluding carboxylic acids is 3. The number of amides is 3. The molecule has 2 fully saturated rings. The molecule has 2 aliphatic heterocycles. The zero-order valence-corrected chi connectivity index (χ0v) is 20.6. The summed E-state index contributed by atoms with van der Waals surface area (Å²) in [7, 11) is 0. The van der Waals surface area contributed by atoms with Gasteiger partial charge in [-0.15, -0.1) is 0 Å². The minimum Gasteiger partial charge on any atom is -0.353 e. The molecule has 4 rings (SSSR count). The zero-order valence-electron chi connectivity index (χ0n) is 19.8. The number of likely N-dealkylation sites (tertiary alicyclic amines) is 1. The Bertz CT molecular complexity index is 1100. The maximum absolute atomic E-state index is 13.6. The lowest BCUT2D eigenvalue weighted by Gasteiger charge is -2.44. The van der Waals surface area contributed by atoms with Crippen LogP contribution in [0.2, 0.25) is 5.02 Å². The van der Waals surface area contributed by atoms with Gasteiger partial charge in [0.25, 0.3) is 11.8 Å². The number of ether oxygens (including phenoxy) is 1.